The summed E-state index contributed by atoms with van der Waals surface area (Å²) in [5.41, 5.74) is 0.802. The fourth-order valence-corrected chi connectivity index (χ4v) is 2.90. The van der Waals surface area contributed by atoms with Gasteiger partial charge in [-0.1, -0.05) is 29.3 Å². The Bertz CT molecular complexity index is 1110. The molecule has 0 spiro atoms. The van der Waals surface area contributed by atoms with E-state index in [9.17, 15) is 14.9 Å². The second-order valence-corrected chi connectivity index (χ2v) is 6.55. The molecule has 29 heavy (non-hydrogen) atoms. The van der Waals surface area contributed by atoms with Crippen LogP contribution in [0.15, 0.2) is 59.0 Å². The van der Waals surface area contributed by atoms with Crippen molar-refractivity contribution in [2.75, 3.05) is 12.4 Å². The first-order valence-corrected chi connectivity index (χ1v) is 9.00. The van der Waals surface area contributed by atoms with E-state index in [1.165, 1.54) is 37.5 Å². The molecule has 2 aromatic carbocycles. The fourth-order valence-electron chi connectivity index (χ4n) is 2.51. The Labute approximate surface area is 175 Å². The van der Waals surface area contributed by atoms with Crippen molar-refractivity contribution in [1.29, 1.82) is 0 Å². The van der Waals surface area contributed by atoms with Crippen LogP contribution in [0.2, 0.25) is 10.0 Å². The molecule has 1 amide bonds. The first-order valence-electron chi connectivity index (χ1n) is 8.24. The van der Waals surface area contributed by atoms with Crippen molar-refractivity contribution < 1.29 is 18.9 Å². The maximum Gasteiger partial charge on any atom is 0.273 e. The number of ether oxygens (including phenoxy) is 1. The fraction of sp³-hybridized carbons (Fsp3) is 0.0500. The summed E-state index contributed by atoms with van der Waals surface area (Å²) in [6.07, 6.45) is 2.75. The lowest BCUT2D eigenvalue weighted by molar-refractivity contribution is -0.384. The van der Waals surface area contributed by atoms with Crippen LogP contribution in [-0.4, -0.2) is 17.9 Å². The van der Waals surface area contributed by atoms with E-state index in [2.05, 4.69) is 5.32 Å². The third-order valence-electron chi connectivity index (χ3n) is 3.90. The Morgan fingerprint density at radius 2 is 2.00 bits per heavy atom. The van der Waals surface area contributed by atoms with Gasteiger partial charge < -0.3 is 14.5 Å². The van der Waals surface area contributed by atoms with Crippen molar-refractivity contribution in [2.24, 2.45) is 0 Å². The number of carbonyl (C=O) groups is 1. The van der Waals surface area contributed by atoms with Crippen LogP contribution >= 0.6 is 23.2 Å². The number of carbonyl (C=O) groups excluding carboxylic acids is 1. The minimum absolute atomic E-state index is 0.141. The number of amides is 1. The zero-order valence-corrected chi connectivity index (χ0v) is 16.5. The zero-order chi connectivity index (χ0) is 21.0. The van der Waals surface area contributed by atoms with Gasteiger partial charge in [-0.2, -0.15) is 0 Å². The first-order chi connectivity index (χ1) is 13.9. The van der Waals surface area contributed by atoms with Crippen molar-refractivity contribution >= 4 is 46.6 Å². The number of benzene rings is 2. The van der Waals surface area contributed by atoms with Crippen LogP contribution in [0.5, 0.6) is 5.75 Å². The Balaban J connectivity index is 1.73. The lowest BCUT2D eigenvalue weighted by Crippen LogP contribution is -2.09. The van der Waals surface area contributed by atoms with Crippen molar-refractivity contribution in [3.8, 4) is 17.1 Å². The number of anilines is 1. The average Bonchev–Trinajstić information content (AvgIpc) is 3.17. The summed E-state index contributed by atoms with van der Waals surface area (Å²) in [6.45, 7) is 0. The molecule has 148 valence electrons. The topological polar surface area (TPSA) is 94.6 Å². The Hall–Kier alpha value is -3.29. The van der Waals surface area contributed by atoms with Crippen LogP contribution in [0.1, 0.15) is 5.76 Å². The molecule has 0 fully saturated rings. The predicted molar refractivity (Wildman–Crippen MR) is 111 cm³/mol. The van der Waals surface area contributed by atoms with Gasteiger partial charge in [-0.25, -0.2) is 0 Å². The van der Waals surface area contributed by atoms with Crippen LogP contribution in [-0.2, 0) is 4.79 Å². The van der Waals surface area contributed by atoms with Crippen molar-refractivity contribution in [1.82, 2.24) is 0 Å². The largest absolute Gasteiger partial charge is 0.494 e. The molecule has 0 aliphatic rings. The van der Waals surface area contributed by atoms with E-state index in [1.54, 1.807) is 30.3 Å². The Morgan fingerprint density at radius 3 is 2.72 bits per heavy atom. The lowest BCUT2D eigenvalue weighted by Gasteiger charge is -2.08. The Morgan fingerprint density at radius 1 is 1.21 bits per heavy atom. The van der Waals surface area contributed by atoms with Crippen LogP contribution in [0, 0.1) is 10.1 Å². The average molecular weight is 433 g/mol. The number of rotatable bonds is 6. The van der Waals surface area contributed by atoms with E-state index >= 15 is 0 Å². The standard InChI is InChI=1S/C20H14Cl2N2O5/c1-28-18-11-12(24(26)27)5-8-16(18)23-19(25)10-7-13-6-9-17(29-13)14-3-2-4-15(21)20(14)22/h2-11H,1H3,(H,23,25). The third kappa shape index (κ3) is 4.77. The summed E-state index contributed by atoms with van der Waals surface area (Å²) in [6, 6.07) is 12.5. The smallest absolute Gasteiger partial charge is 0.273 e. The SMILES string of the molecule is COc1cc([N+](=O)[O-])ccc1NC(=O)C=Cc1ccc(-c2cccc(Cl)c2Cl)o1. The summed E-state index contributed by atoms with van der Waals surface area (Å²) < 4.78 is 10.8. The number of hydrogen-bond acceptors (Lipinski definition) is 5. The van der Waals surface area contributed by atoms with Crippen molar-refractivity contribution in [3.05, 3.63) is 80.5 Å². The molecular weight excluding hydrogens is 419 g/mol. The molecule has 1 heterocycles. The van der Waals surface area contributed by atoms with E-state index in [0.717, 1.165) is 0 Å². The molecule has 0 aliphatic heterocycles. The van der Waals surface area contributed by atoms with Gasteiger partial charge in [0.2, 0.25) is 5.91 Å². The van der Waals surface area contributed by atoms with Gasteiger partial charge in [0.05, 0.1) is 33.8 Å². The molecule has 1 aromatic heterocycles. The first kappa shape index (κ1) is 20.4. The van der Waals surface area contributed by atoms with E-state index < -0.39 is 10.8 Å². The maximum atomic E-state index is 12.2. The molecule has 0 atom stereocenters. The van der Waals surface area contributed by atoms with E-state index in [0.29, 0.717) is 32.8 Å². The highest BCUT2D eigenvalue weighted by Crippen LogP contribution is 2.34. The minimum atomic E-state index is -0.547. The summed E-state index contributed by atoms with van der Waals surface area (Å²) in [4.78, 5) is 22.5. The molecule has 9 heteroatoms. The molecule has 3 aromatic rings. The van der Waals surface area contributed by atoms with E-state index in [4.69, 9.17) is 32.4 Å². The molecular formula is C20H14Cl2N2O5. The summed E-state index contributed by atoms with van der Waals surface area (Å²) >= 11 is 12.2. The van der Waals surface area contributed by atoms with Gasteiger partial charge in [-0.3, -0.25) is 14.9 Å². The number of nitro benzene ring substituents is 1. The molecule has 7 nitrogen and oxygen atoms in total. The molecule has 0 saturated heterocycles. The van der Waals surface area contributed by atoms with Crippen LogP contribution in [0.4, 0.5) is 11.4 Å². The number of furan rings is 1. The number of nitrogens with one attached hydrogen (secondary N) is 1. The number of hydrogen-bond donors (Lipinski definition) is 1. The molecule has 0 saturated carbocycles. The quantitative estimate of drug-likeness (QED) is 0.300. The zero-order valence-electron chi connectivity index (χ0n) is 15.0. The van der Waals surface area contributed by atoms with E-state index in [-0.39, 0.29) is 11.4 Å². The van der Waals surface area contributed by atoms with Crippen LogP contribution in [0.3, 0.4) is 0 Å². The van der Waals surface area contributed by atoms with Gasteiger partial charge in [-0.15, -0.1) is 0 Å². The highest BCUT2D eigenvalue weighted by atomic mass is 35.5. The molecule has 0 bridgehead atoms. The Kier molecular flexibility index (Phi) is 6.21. The summed E-state index contributed by atoms with van der Waals surface area (Å²) in [7, 11) is 1.36. The normalized spacial score (nSPS) is 10.9. The van der Waals surface area contributed by atoms with Crippen LogP contribution in [0.25, 0.3) is 17.4 Å². The van der Waals surface area contributed by atoms with Gasteiger partial charge in [0.25, 0.3) is 5.69 Å². The highest BCUT2D eigenvalue weighted by Gasteiger charge is 2.13. The van der Waals surface area contributed by atoms with Crippen molar-refractivity contribution in [2.45, 2.75) is 0 Å². The number of methoxy groups -OCH3 is 1. The maximum absolute atomic E-state index is 12.2. The predicted octanol–water partition coefficient (Wildman–Crippen LogP) is 5.82. The van der Waals surface area contributed by atoms with Gasteiger partial charge in [0.15, 0.2) is 0 Å². The van der Waals surface area contributed by atoms with Crippen molar-refractivity contribution in [3.63, 3.8) is 0 Å². The molecule has 0 radical (unpaired) electrons. The molecule has 3 rings (SSSR count). The third-order valence-corrected chi connectivity index (χ3v) is 4.72. The number of halogens is 2. The highest BCUT2D eigenvalue weighted by molar-refractivity contribution is 6.43. The lowest BCUT2D eigenvalue weighted by atomic mass is 10.2. The summed E-state index contributed by atoms with van der Waals surface area (Å²) in [5, 5.41) is 14.2. The minimum Gasteiger partial charge on any atom is -0.494 e. The number of nitrogens with zero attached hydrogens (tertiary/aromatic N) is 1. The monoisotopic (exact) mass is 432 g/mol. The second-order valence-electron chi connectivity index (χ2n) is 5.77. The molecule has 0 unspecified atom stereocenters. The van der Waals surface area contributed by atoms with Gasteiger partial charge in [0, 0.05) is 17.7 Å². The summed E-state index contributed by atoms with van der Waals surface area (Å²) in [5.74, 6) is 0.657. The van der Waals surface area contributed by atoms with Gasteiger partial charge in [0.1, 0.15) is 17.3 Å². The molecule has 0 aliphatic carbocycles. The number of nitro groups is 1. The van der Waals surface area contributed by atoms with Gasteiger partial charge in [-0.05, 0) is 36.4 Å². The molecule has 1 N–H and O–H groups in total. The second kappa shape index (κ2) is 8.81. The number of non-ortho nitro benzene ring substituents is 1. The van der Waals surface area contributed by atoms with E-state index in [1.807, 2.05) is 0 Å². The van der Waals surface area contributed by atoms with Gasteiger partial charge >= 0.3 is 0 Å². The van der Waals surface area contributed by atoms with Crippen LogP contribution < -0.4 is 10.1 Å².